The van der Waals surface area contributed by atoms with Crippen molar-refractivity contribution in [2.24, 2.45) is 5.73 Å². The van der Waals surface area contributed by atoms with E-state index in [0.717, 1.165) is 43.6 Å². The number of aryl methyl sites for hydroxylation is 2. The molecule has 0 aliphatic heterocycles. The smallest absolute Gasteiger partial charge is 0.294 e. The van der Waals surface area contributed by atoms with Gasteiger partial charge in [-0.1, -0.05) is 110 Å². The van der Waals surface area contributed by atoms with E-state index in [-0.39, 0.29) is 10.4 Å². The lowest BCUT2D eigenvalue weighted by Gasteiger charge is -2.22. The topological polar surface area (TPSA) is 98.2 Å². The molecule has 0 bridgehead atoms. The Kier molecular flexibility index (Phi) is 14.9. The standard InChI is InChI=1S/C31H55N3O3S/c1-4-6-7-8-9-10-11-12-13-14-15-16-17-18-19-20-25-34-29-22-21-27(38(35,36)37)26-28(29)33-30(34)23-24-31(3,32)5-2/h21-22,26H,4-20,23-25,32H2,1-3H3,(H,35,36,37). The summed E-state index contributed by atoms with van der Waals surface area (Å²) < 4.78 is 34.9. The van der Waals surface area contributed by atoms with E-state index in [1.807, 2.05) is 0 Å². The molecule has 0 aliphatic rings. The van der Waals surface area contributed by atoms with Crippen molar-refractivity contribution in [2.75, 3.05) is 0 Å². The zero-order chi connectivity index (χ0) is 27.9. The third kappa shape index (κ3) is 12.2. The molecule has 0 fully saturated rings. The van der Waals surface area contributed by atoms with Gasteiger partial charge in [-0.15, -0.1) is 0 Å². The minimum atomic E-state index is -4.25. The number of fused-ring (bicyclic) bond motifs is 1. The maximum absolute atomic E-state index is 11.6. The first-order valence-corrected chi connectivity index (χ1v) is 16.9. The number of nitrogens with two attached hydrogens (primary N) is 1. The molecule has 1 aromatic carbocycles. The van der Waals surface area contributed by atoms with Crippen LogP contribution in [0.3, 0.4) is 0 Å². The molecule has 0 spiro atoms. The zero-order valence-electron chi connectivity index (χ0n) is 24.5. The number of hydrogen-bond donors (Lipinski definition) is 2. The summed E-state index contributed by atoms with van der Waals surface area (Å²) in [5.74, 6) is 0.943. The third-order valence-electron chi connectivity index (χ3n) is 8.06. The van der Waals surface area contributed by atoms with Gasteiger partial charge in [-0.3, -0.25) is 4.55 Å². The number of imidazole rings is 1. The van der Waals surface area contributed by atoms with Gasteiger partial charge in [-0.25, -0.2) is 4.98 Å². The predicted octanol–water partition coefficient (Wildman–Crippen LogP) is 8.60. The molecule has 2 rings (SSSR count). The first-order chi connectivity index (χ1) is 18.2. The molecule has 218 valence electrons. The molecule has 1 heterocycles. The quantitative estimate of drug-likeness (QED) is 0.113. The Balaban J connectivity index is 1.72. The minimum Gasteiger partial charge on any atom is -0.328 e. The van der Waals surface area contributed by atoms with E-state index in [2.05, 4.69) is 25.3 Å². The summed E-state index contributed by atoms with van der Waals surface area (Å²) in [7, 11) is -4.25. The van der Waals surface area contributed by atoms with Crippen molar-refractivity contribution in [3.8, 4) is 0 Å². The van der Waals surface area contributed by atoms with Crippen molar-refractivity contribution in [2.45, 2.75) is 160 Å². The fourth-order valence-electron chi connectivity index (χ4n) is 5.15. The Hall–Kier alpha value is -1.44. The van der Waals surface area contributed by atoms with Gasteiger partial charge in [0, 0.05) is 18.5 Å². The van der Waals surface area contributed by atoms with Crippen molar-refractivity contribution in [1.29, 1.82) is 0 Å². The normalized spacial score (nSPS) is 13.8. The summed E-state index contributed by atoms with van der Waals surface area (Å²) >= 11 is 0. The third-order valence-corrected chi connectivity index (χ3v) is 8.91. The Bertz CT molecular complexity index is 1030. The SMILES string of the molecule is CCCCCCCCCCCCCCCCCCn1c(CCC(C)(N)CC)nc2cc(S(=O)(=O)O)ccc21. The number of nitrogens with zero attached hydrogens (tertiary/aromatic N) is 2. The number of unbranched alkanes of at least 4 members (excludes halogenated alkanes) is 15. The highest BCUT2D eigenvalue weighted by Gasteiger charge is 2.19. The van der Waals surface area contributed by atoms with E-state index in [0.29, 0.717) is 5.52 Å². The summed E-state index contributed by atoms with van der Waals surface area (Å²) in [5, 5.41) is 0. The van der Waals surface area contributed by atoms with Crippen molar-refractivity contribution in [3.63, 3.8) is 0 Å². The van der Waals surface area contributed by atoms with Crippen LogP contribution in [-0.4, -0.2) is 28.1 Å². The van der Waals surface area contributed by atoms with E-state index in [1.165, 1.54) is 108 Å². The summed E-state index contributed by atoms with van der Waals surface area (Å²) in [6.07, 6.45) is 24.0. The van der Waals surface area contributed by atoms with Crippen molar-refractivity contribution in [3.05, 3.63) is 24.0 Å². The molecular weight excluding hydrogens is 494 g/mol. The molecule has 0 saturated heterocycles. The number of aromatic nitrogens is 2. The van der Waals surface area contributed by atoms with Crippen LogP contribution in [0.4, 0.5) is 0 Å². The van der Waals surface area contributed by atoms with Gasteiger partial charge in [0.05, 0.1) is 15.9 Å². The van der Waals surface area contributed by atoms with Crippen LogP contribution in [-0.2, 0) is 23.1 Å². The van der Waals surface area contributed by atoms with Gasteiger partial charge in [-0.2, -0.15) is 8.42 Å². The largest absolute Gasteiger partial charge is 0.328 e. The molecule has 0 amide bonds. The predicted molar refractivity (Wildman–Crippen MR) is 160 cm³/mol. The van der Waals surface area contributed by atoms with E-state index < -0.39 is 10.1 Å². The van der Waals surface area contributed by atoms with Crippen LogP contribution in [0.15, 0.2) is 23.1 Å². The number of benzene rings is 1. The van der Waals surface area contributed by atoms with Crippen molar-refractivity contribution in [1.82, 2.24) is 9.55 Å². The Morgan fingerprint density at radius 2 is 1.34 bits per heavy atom. The monoisotopic (exact) mass is 549 g/mol. The van der Waals surface area contributed by atoms with Crippen LogP contribution in [0.1, 0.15) is 142 Å². The van der Waals surface area contributed by atoms with E-state index in [9.17, 15) is 13.0 Å². The van der Waals surface area contributed by atoms with Crippen LogP contribution in [0.5, 0.6) is 0 Å². The summed E-state index contributed by atoms with van der Waals surface area (Å²) in [4.78, 5) is 4.64. The molecule has 6 nitrogen and oxygen atoms in total. The van der Waals surface area contributed by atoms with Crippen LogP contribution in [0, 0.1) is 0 Å². The Morgan fingerprint density at radius 1 is 0.842 bits per heavy atom. The van der Waals surface area contributed by atoms with Gasteiger partial charge in [0.2, 0.25) is 0 Å². The van der Waals surface area contributed by atoms with Crippen LogP contribution in [0.25, 0.3) is 11.0 Å². The van der Waals surface area contributed by atoms with Crippen LogP contribution in [0.2, 0.25) is 0 Å². The molecule has 1 unspecified atom stereocenters. The molecule has 0 aliphatic carbocycles. The molecular formula is C31H55N3O3S. The molecule has 0 radical (unpaired) electrons. The second-order valence-electron chi connectivity index (χ2n) is 11.6. The highest BCUT2D eigenvalue weighted by Crippen LogP contribution is 2.24. The van der Waals surface area contributed by atoms with Gasteiger partial charge < -0.3 is 10.3 Å². The lowest BCUT2D eigenvalue weighted by molar-refractivity contribution is 0.410. The fraction of sp³-hybridized carbons (Fsp3) is 0.774. The molecule has 2 aromatic rings. The molecule has 7 heteroatoms. The minimum absolute atomic E-state index is 0.110. The van der Waals surface area contributed by atoms with Crippen molar-refractivity contribution < 1.29 is 13.0 Å². The zero-order valence-corrected chi connectivity index (χ0v) is 25.3. The summed E-state index contributed by atoms with van der Waals surface area (Å²) in [5.41, 5.74) is 7.66. The fourth-order valence-corrected chi connectivity index (χ4v) is 5.65. The average molecular weight is 550 g/mol. The number of hydrogen-bond acceptors (Lipinski definition) is 4. The van der Waals surface area contributed by atoms with E-state index >= 15 is 0 Å². The van der Waals surface area contributed by atoms with Gasteiger partial charge in [-0.05, 0) is 44.4 Å². The molecule has 38 heavy (non-hydrogen) atoms. The number of rotatable bonds is 22. The maximum atomic E-state index is 11.6. The van der Waals surface area contributed by atoms with E-state index in [1.54, 1.807) is 6.07 Å². The van der Waals surface area contributed by atoms with Gasteiger partial charge in [0.1, 0.15) is 5.82 Å². The highest BCUT2D eigenvalue weighted by atomic mass is 32.2. The first kappa shape index (κ1) is 32.8. The van der Waals surface area contributed by atoms with Gasteiger partial charge >= 0.3 is 0 Å². The lowest BCUT2D eigenvalue weighted by Crippen LogP contribution is -2.35. The maximum Gasteiger partial charge on any atom is 0.294 e. The first-order valence-electron chi connectivity index (χ1n) is 15.4. The Morgan fingerprint density at radius 3 is 1.82 bits per heavy atom. The summed E-state index contributed by atoms with van der Waals surface area (Å²) in [6, 6.07) is 4.70. The van der Waals surface area contributed by atoms with Crippen LogP contribution < -0.4 is 5.73 Å². The van der Waals surface area contributed by atoms with Crippen molar-refractivity contribution >= 4 is 21.2 Å². The second-order valence-corrected chi connectivity index (χ2v) is 13.0. The van der Waals surface area contributed by atoms with Gasteiger partial charge in [0.15, 0.2) is 0 Å². The van der Waals surface area contributed by atoms with Gasteiger partial charge in [0.25, 0.3) is 10.1 Å². The lowest BCUT2D eigenvalue weighted by atomic mass is 9.94. The molecule has 1 atom stereocenters. The average Bonchev–Trinajstić information content (AvgIpc) is 3.23. The van der Waals surface area contributed by atoms with E-state index in [4.69, 9.17) is 10.7 Å². The highest BCUT2D eigenvalue weighted by molar-refractivity contribution is 7.85. The summed E-state index contributed by atoms with van der Waals surface area (Å²) in [6.45, 7) is 7.30. The molecule has 1 aromatic heterocycles. The molecule has 0 saturated carbocycles. The Labute approximate surface area is 232 Å². The molecule has 3 N–H and O–H groups in total. The second kappa shape index (κ2) is 17.3. The van der Waals surface area contributed by atoms with Crippen LogP contribution >= 0.6 is 0 Å².